The minimum Gasteiger partial charge on any atom is -0.500 e. The van der Waals surface area contributed by atoms with Crippen LogP contribution in [-0.4, -0.2) is 109 Å². The highest BCUT2D eigenvalue weighted by molar-refractivity contribution is 9.10. The highest BCUT2D eigenvalue weighted by atomic mass is 79.9. The summed E-state index contributed by atoms with van der Waals surface area (Å²) in [6.45, 7) is 3.90. The predicted molar refractivity (Wildman–Crippen MR) is 342 cm³/mol. The molecule has 0 radical (unpaired) electrons. The SMILES string of the molecule is CCOP(C)(=O)Cc1cc(OC)cc(OC)c1Br.COC1=CC(/C=C/c2ccc(OC)cc2)C(Br)C(OC)=C1.COc1cc(CBr)cc(OC)c1.COc1ccc(/C=C/c2cc(OC)cc(OC)c2C(O)c2cc(OC)cc(OC)c2)cc1. The lowest BCUT2D eigenvalue weighted by atomic mass is 9.94. The van der Waals surface area contributed by atoms with Gasteiger partial charge in [-0.1, -0.05) is 80.4 Å². The number of alkyl halides is 2. The normalized spacial score (nSPS) is 14.5. The predicted octanol–water partition coefficient (Wildman–Crippen LogP) is 15.7. The van der Waals surface area contributed by atoms with E-state index in [4.69, 9.17) is 61.4 Å². The monoisotopic (exact) mass is 1350 g/mol. The number of allylic oxidation sites excluding steroid dienone is 4. The molecule has 0 aliphatic heterocycles. The fraction of sp³-hybridized carbons (Fsp3) is 0.312. The Morgan fingerprint density at radius 2 is 1.02 bits per heavy atom. The van der Waals surface area contributed by atoms with Gasteiger partial charge in [-0.3, -0.25) is 4.57 Å². The van der Waals surface area contributed by atoms with Crippen LogP contribution in [0.2, 0.25) is 0 Å². The van der Waals surface area contributed by atoms with Crippen LogP contribution in [0.15, 0.2) is 143 Å². The maximum atomic E-state index is 12.2. The third kappa shape index (κ3) is 21.2. The molecule has 1 aliphatic carbocycles. The van der Waals surface area contributed by atoms with Crippen LogP contribution in [0.3, 0.4) is 0 Å². The fourth-order valence-electron chi connectivity index (χ4n) is 8.10. The van der Waals surface area contributed by atoms with Gasteiger partial charge in [0.2, 0.25) is 7.37 Å². The molecule has 448 valence electrons. The van der Waals surface area contributed by atoms with E-state index < -0.39 is 13.5 Å². The largest absolute Gasteiger partial charge is 0.500 e. The lowest BCUT2D eigenvalue weighted by Crippen LogP contribution is -2.18. The number of halogens is 3. The molecule has 0 fully saturated rings. The zero-order valence-electron chi connectivity index (χ0n) is 49.5. The van der Waals surface area contributed by atoms with E-state index in [-0.39, 0.29) is 10.7 Å². The van der Waals surface area contributed by atoms with Gasteiger partial charge in [-0.05, 0) is 123 Å². The average molecular weight is 1360 g/mol. The smallest absolute Gasteiger partial charge is 0.204 e. The molecule has 0 heterocycles. The van der Waals surface area contributed by atoms with Gasteiger partial charge in [-0.2, -0.15) is 0 Å². The van der Waals surface area contributed by atoms with Gasteiger partial charge in [0.15, 0.2) is 0 Å². The highest BCUT2D eigenvalue weighted by Gasteiger charge is 2.26. The van der Waals surface area contributed by atoms with Crippen molar-refractivity contribution < 1.29 is 71.0 Å². The summed E-state index contributed by atoms with van der Waals surface area (Å²) < 4.78 is 81.8. The quantitative estimate of drug-likeness (QED) is 0.0367. The van der Waals surface area contributed by atoms with Crippen LogP contribution < -0.4 is 47.4 Å². The van der Waals surface area contributed by atoms with E-state index in [1.54, 1.807) is 122 Å². The van der Waals surface area contributed by atoms with E-state index >= 15 is 0 Å². The minimum atomic E-state index is -2.64. The van der Waals surface area contributed by atoms with E-state index in [1.165, 1.54) is 0 Å². The second kappa shape index (κ2) is 35.6. The van der Waals surface area contributed by atoms with Gasteiger partial charge in [-0.15, -0.1) is 0 Å². The topological polar surface area (TPSA) is 157 Å². The van der Waals surface area contributed by atoms with Crippen LogP contribution in [0.5, 0.6) is 57.5 Å². The number of ether oxygens (including phenoxy) is 12. The van der Waals surface area contributed by atoms with Crippen molar-refractivity contribution in [2.24, 2.45) is 5.92 Å². The molecule has 0 spiro atoms. The third-order valence-electron chi connectivity index (χ3n) is 12.5. The van der Waals surface area contributed by atoms with Crippen LogP contribution in [-0.2, 0) is 30.1 Å². The molecule has 0 amide bonds. The van der Waals surface area contributed by atoms with Crippen molar-refractivity contribution in [3.63, 3.8) is 0 Å². The van der Waals surface area contributed by atoms with Crippen molar-refractivity contribution >= 4 is 73.4 Å². The molecule has 7 rings (SSSR count). The van der Waals surface area contributed by atoms with Crippen molar-refractivity contribution in [1.29, 1.82) is 0 Å². The number of aliphatic hydroxyl groups excluding tert-OH is 1. The van der Waals surface area contributed by atoms with Gasteiger partial charge in [-0.25, -0.2) is 0 Å². The van der Waals surface area contributed by atoms with E-state index in [2.05, 4.69) is 66.0 Å². The summed E-state index contributed by atoms with van der Waals surface area (Å²) >= 11 is 10.5. The number of aliphatic hydroxyl groups is 1. The molecular weight excluding hydrogens is 1280 g/mol. The summed E-state index contributed by atoms with van der Waals surface area (Å²) in [5.41, 5.74) is 6.08. The summed E-state index contributed by atoms with van der Waals surface area (Å²) in [5, 5.41) is 12.2. The highest BCUT2D eigenvalue weighted by Crippen LogP contribution is 2.49. The molecule has 4 atom stereocenters. The minimum absolute atomic E-state index is 0.107. The van der Waals surface area contributed by atoms with Gasteiger partial charge < -0.3 is 66.5 Å². The Morgan fingerprint density at radius 1 is 0.554 bits per heavy atom. The van der Waals surface area contributed by atoms with E-state index in [0.717, 1.165) is 72.1 Å². The Morgan fingerprint density at radius 3 is 1.48 bits per heavy atom. The summed E-state index contributed by atoms with van der Waals surface area (Å²) in [7, 11) is 16.7. The Bertz CT molecular complexity index is 3070. The second-order valence-corrected chi connectivity index (χ2v) is 22.8. The van der Waals surface area contributed by atoms with Gasteiger partial charge >= 0.3 is 0 Å². The lowest BCUT2D eigenvalue weighted by Gasteiger charge is -2.23. The Balaban J connectivity index is 0.000000252. The van der Waals surface area contributed by atoms with Crippen molar-refractivity contribution in [1.82, 2.24) is 0 Å². The summed E-state index contributed by atoms with van der Waals surface area (Å²) in [5.74, 6) is 8.75. The summed E-state index contributed by atoms with van der Waals surface area (Å²) in [6, 6.07) is 33.9. The van der Waals surface area contributed by atoms with Crippen LogP contribution >= 0.6 is 55.2 Å². The van der Waals surface area contributed by atoms with Crippen LogP contribution in [0.4, 0.5) is 0 Å². The number of rotatable bonds is 23. The first-order valence-electron chi connectivity index (χ1n) is 25.8. The molecule has 19 heteroatoms. The summed E-state index contributed by atoms with van der Waals surface area (Å²) in [6.07, 6.45) is 11.4. The van der Waals surface area contributed by atoms with Gasteiger partial charge in [0, 0.05) is 53.8 Å². The van der Waals surface area contributed by atoms with E-state index in [1.807, 2.05) is 104 Å². The molecule has 6 aromatic rings. The first-order chi connectivity index (χ1) is 39.9. The molecule has 4 unspecified atom stereocenters. The molecule has 1 N–H and O–H groups in total. The van der Waals surface area contributed by atoms with Crippen molar-refractivity contribution in [3.05, 3.63) is 182 Å². The van der Waals surface area contributed by atoms with Crippen molar-refractivity contribution in [2.45, 2.75) is 29.3 Å². The molecule has 83 heavy (non-hydrogen) atoms. The lowest BCUT2D eigenvalue weighted by molar-refractivity contribution is 0.213. The second-order valence-electron chi connectivity index (χ2n) is 17.9. The Hall–Kier alpha value is -6.53. The molecule has 1 aliphatic rings. The molecule has 0 bridgehead atoms. The van der Waals surface area contributed by atoms with Crippen molar-refractivity contribution in [3.8, 4) is 57.5 Å². The van der Waals surface area contributed by atoms with Crippen LogP contribution in [0.1, 0.15) is 52.0 Å². The van der Waals surface area contributed by atoms with Crippen molar-refractivity contribution in [2.75, 3.05) is 98.6 Å². The van der Waals surface area contributed by atoms with E-state index in [9.17, 15) is 9.67 Å². The first-order valence-corrected chi connectivity index (χ1v) is 30.9. The van der Waals surface area contributed by atoms with Gasteiger partial charge in [0.1, 0.15) is 75.1 Å². The molecule has 0 saturated carbocycles. The average Bonchev–Trinajstić information content (AvgIpc) is 3.65. The maximum Gasteiger partial charge on any atom is 0.204 e. The maximum absolute atomic E-state index is 12.2. The first kappa shape index (κ1) is 69.0. The van der Waals surface area contributed by atoms with Crippen LogP contribution in [0, 0.1) is 5.92 Å². The van der Waals surface area contributed by atoms with Crippen LogP contribution in [0.25, 0.3) is 18.2 Å². The molecule has 0 saturated heterocycles. The number of hydrogen-bond acceptors (Lipinski definition) is 15. The Kier molecular flexibility index (Phi) is 29.6. The molecule has 15 nitrogen and oxygen atoms in total. The molecule has 6 aromatic carbocycles. The Labute approximate surface area is 514 Å². The molecular formula is C64H76Br3O15P. The van der Waals surface area contributed by atoms with Gasteiger partial charge in [0.25, 0.3) is 0 Å². The number of methoxy groups -OCH3 is 12. The zero-order valence-corrected chi connectivity index (χ0v) is 55.1. The number of hydrogen-bond donors (Lipinski definition) is 1. The fourth-order valence-corrected chi connectivity index (χ4v) is 11.3. The zero-order chi connectivity index (χ0) is 61.1. The third-order valence-corrected chi connectivity index (χ3v) is 16.8. The number of benzene rings is 6. The van der Waals surface area contributed by atoms with Gasteiger partial charge in [0.05, 0.1) is 107 Å². The summed E-state index contributed by atoms with van der Waals surface area (Å²) in [4.78, 5) is 0.107. The molecule has 0 aromatic heterocycles. The van der Waals surface area contributed by atoms with E-state index in [0.29, 0.717) is 58.4 Å². The standard InChI is InChI=1S/C26H28O6.C17H19BrO3.C12H18BrO4P.C9H11BrO2/c1-28-20-10-7-17(8-11-20)6-9-18-12-23(31-4)16-24(32-5)25(18)26(27)19-13-21(29-2)15-22(14-19)30-3;1-19-14-8-5-12(6-9-14)4-7-13-10-15(20-2)11-16(21-3)17(13)18;1-5-17-18(4,14)8-9-6-10(15-2)7-11(16-3)12(9)13;1-11-8-3-7(6-10)4-9(5-8)12-2/h6-16,26-27H,1-5H3;4-11,13,17H,1-3H3;6-7H,5,8H2,1-4H3;3-5H,6H2,1-2H3/b9-6+;7-4+;;.